The van der Waals surface area contributed by atoms with Crippen molar-refractivity contribution in [3.8, 4) is 0 Å². The van der Waals surface area contributed by atoms with Crippen molar-refractivity contribution < 1.29 is 18.4 Å². The molecule has 0 bridgehead atoms. The van der Waals surface area contributed by atoms with E-state index in [-0.39, 0.29) is 16.3 Å². The van der Waals surface area contributed by atoms with Crippen molar-refractivity contribution in [2.24, 2.45) is 5.16 Å². The van der Waals surface area contributed by atoms with Gasteiger partial charge in [-0.1, -0.05) is 35.0 Å². The zero-order valence-corrected chi connectivity index (χ0v) is 12.8. The summed E-state index contributed by atoms with van der Waals surface area (Å²) in [5.41, 5.74) is 0.494. The maximum atomic E-state index is 13.4. The topological polar surface area (TPSA) is 50.7 Å². The second kappa shape index (κ2) is 7.69. The molecule has 0 aromatic heterocycles. The lowest BCUT2D eigenvalue weighted by molar-refractivity contribution is -0.126. The van der Waals surface area contributed by atoms with Crippen LogP contribution in [0.4, 0.5) is 14.5 Å². The molecular formula is C16H13ClF2N2O2. The molecule has 0 fully saturated rings. The predicted molar refractivity (Wildman–Crippen MR) is 84.6 cm³/mol. The van der Waals surface area contributed by atoms with Gasteiger partial charge < -0.3 is 10.2 Å². The van der Waals surface area contributed by atoms with Gasteiger partial charge in [0.1, 0.15) is 11.6 Å². The van der Waals surface area contributed by atoms with Gasteiger partial charge in [-0.05, 0) is 31.2 Å². The number of oxime groups is 1. The van der Waals surface area contributed by atoms with Crippen LogP contribution >= 0.6 is 11.6 Å². The smallest absolute Gasteiger partial charge is 0.268 e. The summed E-state index contributed by atoms with van der Waals surface area (Å²) in [4.78, 5) is 16.9. The van der Waals surface area contributed by atoms with E-state index in [1.54, 1.807) is 12.1 Å². The standard InChI is InChI=1S/C16H13ClF2N2O2/c1-10(23-20-9-11-4-2-3-5-14(11)19)16(22)21-15-7-6-12(18)8-13(15)17/h2-10H,1H3,(H,21,22)/b20-9-/t10-/m0/s1. The third kappa shape index (κ3) is 4.75. The molecule has 7 heteroatoms. The van der Waals surface area contributed by atoms with Crippen molar-refractivity contribution in [3.05, 3.63) is 64.7 Å². The molecule has 0 spiro atoms. The van der Waals surface area contributed by atoms with Crippen LogP contribution in [-0.4, -0.2) is 18.2 Å². The highest BCUT2D eigenvalue weighted by atomic mass is 35.5. The van der Waals surface area contributed by atoms with Crippen molar-refractivity contribution >= 4 is 29.4 Å². The Labute approximate surface area is 136 Å². The van der Waals surface area contributed by atoms with Gasteiger partial charge in [0.05, 0.1) is 16.9 Å². The third-order valence-electron chi connectivity index (χ3n) is 2.87. The highest BCUT2D eigenvalue weighted by Crippen LogP contribution is 2.22. The van der Waals surface area contributed by atoms with Crippen LogP contribution in [0, 0.1) is 11.6 Å². The van der Waals surface area contributed by atoms with Crippen LogP contribution in [0.25, 0.3) is 0 Å². The molecule has 0 saturated heterocycles. The van der Waals surface area contributed by atoms with Gasteiger partial charge in [-0.3, -0.25) is 4.79 Å². The number of rotatable bonds is 5. The number of carbonyl (C=O) groups excluding carboxylic acids is 1. The largest absolute Gasteiger partial charge is 0.383 e. The van der Waals surface area contributed by atoms with Crippen molar-refractivity contribution in [2.75, 3.05) is 5.32 Å². The quantitative estimate of drug-likeness (QED) is 0.662. The summed E-state index contributed by atoms with van der Waals surface area (Å²) in [5, 5.41) is 6.14. The molecule has 0 aliphatic heterocycles. The number of hydrogen-bond donors (Lipinski definition) is 1. The summed E-state index contributed by atoms with van der Waals surface area (Å²) >= 11 is 5.81. The van der Waals surface area contributed by atoms with Crippen LogP contribution in [0.3, 0.4) is 0 Å². The average Bonchev–Trinajstić information content (AvgIpc) is 2.51. The molecule has 0 aliphatic rings. The van der Waals surface area contributed by atoms with Gasteiger partial charge in [-0.2, -0.15) is 0 Å². The third-order valence-corrected chi connectivity index (χ3v) is 3.19. The molecule has 1 N–H and O–H groups in total. The van der Waals surface area contributed by atoms with Gasteiger partial charge in [0.25, 0.3) is 5.91 Å². The zero-order valence-electron chi connectivity index (χ0n) is 12.1. The lowest BCUT2D eigenvalue weighted by atomic mass is 10.2. The average molecular weight is 339 g/mol. The maximum Gasteiger partial charge on any atom is 0.268 e. The molecule has 0 radical (unpaired) electrons. The number of benzene rings is 2. The summed E-state index contributed by atoms with van der Waals surface area (Å²) in [6.45, 7) is 1.46. The van der Waals surface area contributed by atoms with Crippen molar-refractivity contribution in [3.63, 3.8) is 0 Å². The van der Waals surface area contributed by atoms with E-state index in [4.69, 9.17) is 16.4 Å². The molecule has 2 aromatic carbocycles. The maximum absolute atomic E-state index is 13.4. The second-order valence-corrected chi connectivity index (χ2v) is 5.02. The van der Waals surface area contributed by atoms with Crippen molar-refractivity contribution in [1.82, 2.24) is 0 Å². The Morgan fingerprint density at radius 3 is 2.74 bits per heavy atom. The van der Waals surface area contributed by atoms with Crippen LogP contribution in [0.15, 0.2) is 47.6 Å². The molecule has 0 aliphatic carbocycles. The summed E-state index contributed by atoms with van der Waals surface area (Å²) in [6, 6.07) is 9.60. The first-order valence-electron chi connectivity index (χ1n) is 6.67. The summed E-state index contributed by atoms with van der Waals surface area (Å²) in [6.07, 6.45) is 0.225. The van der Waals surface area contributed by atoms with E-state index in [0.29, 0.717) is 0 Å². The molecular weight excluding hydrogens is 326 g/mol. The van der Waals surface area contributed by atoms with Gasteiger partial charge in [-0.15, -0.1) is 0 Å². The molecule has 0 heterocycles. The SMILES string of the molecule is C[C@H](O/N=C\c1ccccc1F)C(=O)Nc1ccc(F)cc1Cl. The van der Waals surface area contributed by atoms with Crippen LogP contribution in [0.5, 0.6) is 0 Å². The van der Waals surface area contributed by atoms with Gasteiger partial charge in [0, 0.05) is 5.56 Å². The minimum atomic E-state index is -0.945. The Hall–Kier alpha value is -2.47. The Balaban J connectivity index is 1.94. The number of carbonyl (C=O) groups is 1. The molecule has 0 unspecified atom stereocenters. The molecule has 2 rings (SSSR count). The number of amides is 1. The minimum absolute atomic E-state index is 0.0698. The summed E-state index contributed by atoms with van der Waals surface area (Å²) < 4.78 is 26.3. The summed E-state index contributed by atoms with van der Waals surface area (Å²) in [5.74, 6) is -1.48. The summed E-state index contributed by atoms with van der Waals surface area (Å²) in [7, 11) is 0. The molecule has 1 atom stereocenters. The van der Waals surface area contributed by atoms with E-state index >= 15 is 0 Å². The van der Waals surface area contributed by atoms with Gasteiger partial charge in [-0.25, -0.2) is 8.78 Å². The Bertz CT molecular complexity index is 738. The molecule has 1 amide bonds. The Kier molecular flexibility index (Phi) is 5.65. The van der Waals surface area contributed by atoms with Crippen LogP contribution in [0.2, 0.25) is 5.02 Å². The fraction of sp³-hybridized carbons (Fsp3) is 0.125. The predicted octanol–water partition coefficient (Wildman–Crippen LogP) is 4.00. The highest BCUT2D eigenvalue weighted by Gasteiger charge is 2.15. The van der Waals surface area contributed by atoms with E-state index in [1.807, 2.05) is 0 Å². The van der Waals surface area contributed by atoms with Gasteiger partial charge in [0.2, 0.25) is 6.10 Å². The fourth-order valence-corrected chi connectivity index (χ4v) is 1.85. The van der Waals surface area contributed by atoms with Gasteiger partial charge >= 0.3 is 0 Å². The van der Waals surface area contributed by atoms with E-state index in [0.717, 1.165) is 6.07 Å². The molecule has 2 aromatic rings. The first-order chi connectivity index (χ1) is 11.0. The highest BCUT2D eigenvalue weighted by molar-refractivity contribution is 6.33. The number of anilines is 1. The Morgan fingerprint density at radius 1 is 1.30 bits per heavy atom. The van der Waals surface area contributed by atoms with E-state index in [2.05, 4.69) is 10.5 Å². The van der Waals surface area contributed by atoms with E-state index in [9.17, 15) is 13.6 Å². The van der Waals surface area contributed by atoms with E-state index < -0.39 is 23.6 Å². The van der Waals surface area contributed by atoms with Crippen molar-refractivity contribution in [2.45, 2.75) is 13.0 Å². The normalized spacial score (nSPS) is 12.2. The molecule has 23 heavy (non-hydrogen) atoms. The lowest BCUT2D eigenvalue weighted by Crippen LogP contribution is -2.26. The molecule has 120 valence electrons. The molecule has 4 nitrogen and oxygen atoms in total. The monoisotopic (exact) mass is 338 g/mol. The van der Waals surface area contributed by atoms with Crippen molar-refractivity contribution in [1.29, 1.82) is 0 Å². The van der Waals surface area contributed by atoms with Crippen LogP contribution in [0.1, 0.15) is 12.5 Å². The number of halogens is 3. The first-order valence-corrected chi connectivity index (χ1v) is 7.05. The first kappa shape index (κ1) is 16.9. The zero-order chi connectivity index (χ0) is 16.8. The number of nitrogens with zero attached hydrogens (tertiary/aromatic N) is 1. The number of nitrogens with one attached hydrogen (secondary N) is 1. The molecule has 0 saturated carbocycles. The van der Waals surface area contributed by atoms with Crippen LogP contribution < -0.4 is 5.32 Å². The lowest BCUT2D eigenvalue weighted by Gasteiger charge is -2.11. The Morgan fingerprint density at radius 2 is 2.04 bits per heavy atom. The van der Waals surface area contributed by atoms with Gasteiger partial charge in [0.15, 0.2) is 0 Å². The second-order valence-electron chi connectivity index (χ2n) is 4.62. The van der Waals surface area contributed by atoms with Crippen LogP contribution in [-0.2, 0) is 9.63 Å². The minimum Gasteiger partial charge on any atom is -0.383 e. The van der Waals surface area contributed by atoms with E-state index in [1.165, 1.54) is 37.4 Å². The fourth-order valence-electron chi connectivity index (χ4n) is 1.63. The number of hydrogen-bond acceptors (Lipinski definition) is 3.